The number of amides is 1. The van der Waals surface area contributed by atoms with Crippen LogP contribution in [0.3, 0.4) is 0 Å². The Kier molecular flexibility index (Phi) is 8.83. The Morgan fingerprint density at radius 1 is 1.10 bits per heavy atom. The summed E-state index contributed by atoms with van der Waals surface area (Å²) in [7, 11) is 4.01. The molecular weight excluding hydrogens is 364 g/mol. The summed E-state index contributed by atoms with van der Waals surface area (Å²) < 4.78 is 1.71. The zero-order chi connectivity index (χ0) is 21.4. The molecule has 0 saturated carbocycles. The van der Waals surface area contributed by atoms with E-state index in [1.54, 1.807) is 4.57 Å². The maximum Gasteiger partial charge on any atom is 0.261 e. The molecule has 1 unspecified atom stereocenters. The summed E-state index contributed by atoms with van der Waals surface area (Å²) in [4.78, 5) is 34.8. The molecule has 1 heterocycles. The minimum Gasteiger partial charge on any atom is -0.332 e. The molecule has 0 fully saturated rings. The van der Waals surface area contributed by atoms with Crippen LogP contribution in [0.2, 0.25) is 0 Å². The fourth-order valence-corrected chi connectivity index (χ4v) is 3.64. The van der Waals surface area contributed by atoms with Gasteiger partial charge >= 0.3 is 0 Å². The van der Waals surface area contributed by atoms with Gasteiger partial charge in [-0.05, 0) is 46.5 Å². The predicted molar refractivity (Wildman–Crippen MR) is 119 cm³/mol. The van der Waals surface area contributed by atoms with Crippen LogP contribution in [0.5, 0.6) is 0 Å². The van der Waals surface area contributed by atoms with E-state index in [1.165, 1.54) is 0 Å². The number of benzene rings is 1. The Hall–Kier alpha value is -2.21. The first kappa shape index (κ1) is 23.1. The van der Waals surface area contributed by atoms with Crippen LogP contribution < -0.4 is 5.56 Å². The van der Waals surface area contributed by atoms with E-state index in [2.05, 4.69) is 11.8 Å². The zero-order valence-electron chi connectivity index (χ0n) is 18.6. The lowest BCUT2D eigenvalue weighted by atomic mass is 10.1. The summed E-state index contributed by atoms with van der Waals surface area (Å²) in [5.74, 6) is 0.803. The third kappa shape index (κ3) is 5.89. The van der Waals surface area contributed by atoms with Crippen molar-refractivity contribution in [1.29, 1.82) is 0 Å². The lowest BCUT2D eigenvalue weighted by Crippen LogP contribution is -2.41. The van der Waals surface area contributed by atoms with Gasteiger partial charge in [0.2, 0.25) is 5.91 Å². The first-order valence-electron chi connectivity index (χ1n) is 10.8. The minimum atomic E-state index is -0.258. The fourth-order valence-electron chi connectivity index (χ4n) is 3.64. The van der Waals surface area contributed by atoms with Crippen LogP contribution in [0.1, 0.15) is 64.7 Å². The Morgan fingerprint density at radius 3 is 2.48 bits per heavy atom. The molecule has 1 aromatic carbocycles. The van der Waals surface area contributed by atoms with Gasteiger partial charge in [0, 0.05) is 26.1 Å². The van der Waals surface area contributed by atoms with Crippen molar-refractivity contribution in [2.45, 2.75) is 65.5 Å². The van der Waals surface area contributed by atoms with Crippen molar-refractivity contribution in [3.8, 4) is 0 Å². The van der Waals surface area contributed by atoms with E-state index in [1.807, 2.05) is 57.1 Å². The number of fused-ring (bicyclic) bond motifs is 1. The molecule has 0 aliphatic rings. The number of unbranched alkanes of at least 4 members (excludes halogenated alkanes) is 3. The number of hydrogen-bond donors (Lipinski definition) is 0. The normalized spacial score (nSPS) is 12.5. The van der Waals surface area contributed by atoms with Gasteiger partial charge in [0.05, 0.1) is 16.9 Å². The molecule has 0 spiro atoms. The summed E-state index contributed by atoms with van der Waals surface area (Å²) in [5.41, 5.74) is 0.648. The maximum atomic E-state index is 13.1. The molecule has 0 bridgehead atoms. The molecule has 6 nitrogen and oxygen atoms in total. The molecule has 1 amide bonds. The van der Waals surface area contributed by atoms with E-state index < -0.39 is 0 Å². The average Bonchev–Trinajstić information content (AvgIpc) is 2.71. The van der Waals surface area contributed by atoms with Gasteiger partial charge in [-0.25, -0.2) is 4.98 Å². The Labute approximate surface area is 174 Å². The number of aromatic nitrogens is 2. The highest BCUT2D eigenvalue weighted by Crippen LogP contribution is 2.21. The highest BCUT2D eigenvalue weighted by Gasteiger charge is 2.25. The SMILES string of the molecule is CCCCCCC(=O)N(CCN(C)C)C(C)c1nc2ccccc2c(=O)n1CC. The van der Waals surface area contributed by atoms with Crippen molar-refractivity contribution in [3.63, 3.8) is 0 Å². The molecular formula is C23H36N4O2. The van der Waals surface area contributed by atoms with E-state index in [9.17, 15) is 9.59 Å². The van der Waals surface area contributed by atoms with Crippen molar-refractivity contribution >= 4 is 16.8 Å². The van der Waals surface area contributed by atoms with E-state index in [-0.39, 0.29) is 17.5 Å². The molecule has 0 aliphatic heterocycles. The van der Waals surface area contributed by atoms with Crippen LogP contribution in [0.25, 0.3) is 10.9 Å². The molecule has 160 valence electrons. The number of hydrogen-bond acceptors (Lipinski definition) is 4. The third-order valence-corrected chi connectivity index (χ3v) is 5.40. The first-order valence-corrected chi connectivity index (χ1v) is 10.8. The smallest absolute Gasteiger partial charge is 0.261 e. The predicted octanol–water partition coefficient (Wildman–Crippen LogP) is 3.84. The van der Waals surface area contributed by atoms with E-state index in [0.717, 1.165) is 32.2 Å². The summed E-state index contributed by atoms with van der Waals surface area (Å²) >= 11 is 0. The third-order valence-electron chi connectivity index (χ3n) is 5.40. The van der Waals surface area contributed by atoms with Crippen molar-refractivity contribution < 1.29 is 4.79 Å². The summed E-state index contributed by atoms with van der Waals surface area (Å²) in [5, 5.41) is 0.621. The summed E-state index contributed by atoms with van der Waals surface area (Å²) in [6, 6.07) is 7.17. The second-order valence-corrected chi connectivity index (χ2v) is 7.91. The molecule has 29 heavy (non-hydrogen) atoms. The molecule has 2 rings (SSSR count). The molecule has 0 N–H and O–H groups in total. The number of para-hydroxylation sites is 1. The van der Waals surface area contributed by atoms with Gasteiger partial charge in [0.15, 0.2) is 0 Å². The van der Waals surface area contributed by atoms with Gasteiger partial charge in [-0.1, -0.05) is 38.3 Å². The van der Waals surface area contributed by atoms with Gasteiger partial charge in [0.25, 0.3) is 5.56 Å². The Balaban J connectivity index is 2.37. The number of carbonyl (C=O) groups is 1. The van der Waals surface area contributed by atoms with Crippen LogP contribution in [0.4, 0.5) is 0 Å². The van der Waals surface area contributed by atoms with Gasteiger partial charge in [0.1, 0.15) is 5.82 Å². The monoisotopic (exact) mass is 400 g/mol. The minimum absolute atomic E-state index is 0.0390. The largest absolute Gasteiger partial charge is 0.332 e. The second-order valence-electron chi connectivity index (χ2n) is 7.91. The lowest BCUT2D eigenvalue weighted by molar-refractivity contribution is -0.133. The standard InChI is InChI=1S/C23H36N4O2/c1-6-8-9-10-15-21(28)27(17-16-25(4)5)18(3)22-24-20-14-12-11-13-19(20)23(29)26(22)7-2/h11-14,18H,6-10,15-17H2,1-5H3. The van der Waals surface area contributed by atoms with Crippen molar-refractivity contribution in [3.05, 3.63) is 40.4 Å². The molecule has 1 atom stereocenters. The summed E-state index contributed by atoms with van der Waals surface area (Å²) in [6.07, 6.45) is 4.83. The number of likely N-dealkylation sites (N-methyl/N-ethyl adjacent to an activating group) is 1. The van der Waals surface area contributed by atoms with Crippen LogP contribution >= 0.6 is 0 Å². The van der Waals surface area contributed by atoms with Gasteiger partial charge in [-0.2, -0.15) is 0 Å². The topological polar surface area (TPSA) is 58.4 Å². The summed E-state index contributed by atoms with van der Waals surface area (Å²) in [6.45, 7) is 8.03. The highest BCUT2D eigenvalue weighted by atomic mass is 16.2. The fraction of sp³-hybridized carbons (Fsp3) is 0.609. The van der Waals surface area contributed by atoms with Crippen molar-refractivity contribution in [2.24, 2.45) is 0 Å². The van der Waals surface area contributed by atoms with Gasteiger partial charge in [-0.15, -0.1) is 0 Å². The van der Waals surface area contributed by atoms with Gasteiger partial charge in [-0.3, -0.25) is 14.2 Å². The quantitative estimate of drug-likeness (QED) is 0.538. The average molecular weight is 401 g/mol. The highest BCUT2D eigenvalue weighted by molar-refractivity contribution is 5.78. The van der Waals surface area contributed by atoms with Crippen LogP contribution in [-0.2, 0) is 11.3 Å². The Bertz CT molecular complexity index is 860. The van der Waals surface area contributed by atoms with E-state index >= 15 is 0 Å². The number of nitrogens with zero attached hydrogens (tertiary/aromatic N) is 4. The van der Waals surface area contributed by atoms with E-state index in [0.29, 0.717) is 36.2 Å². The van der Waals surface area contributed by atoms with Crippen LogP contribution in [-0.4, -0.2) is 52.4 Å². The first-order chi connectivity index (χ1) is 13.9. The number of rotatable bonds is 11. The second kappa shape index (κ2) is 11.1. The lowest BCUT2D eigenvalue weighted by Gasteiger charge is -2.31. The molecule has 6 heteroatoms. The van der Waals surface area contributed by atoms with Gasteiger partial charge < -0.3 is 9.80 Å². The maximum absolute atomic E-state index is 13.1. The van der Waals surface area contributed by atoms with Crippen LogP contribution in [0.15, 0.2) is 29.1 Å². The molecule has 0 radical (unpaired) electrons. The van der Waals surface area contributed by atoms with Crippen LogP contribution in [0, 0.1) is 0 Å². The molecule has 0 saturated heterocycles. The molecule has 2 aromatic rings. The molecule has 1 aromatic heterocycles. The van der Waals surface area contributed by atoms with Crippen molar-refractivity contribution in [2.75, 3.05) is 27.2 Å². The Morgan fingerprint density at radius 2 is 1.83 bits per heavy atom. The zero-order valence-corrected chi connectivity index (χ0v) is 18.6. The molecule has 0 aliphatic carbocycles. The number of carbonyl (C=O) groups excluding carboxylic acids is 1. The van der Waals surface area contributed by atoms with E-state index in [4.69, 9.17) is 4.98 Å². The van der Waals surface area contributed by atoms with Crippen molar-refractivity contribution in [1.82, 2.24) is 19.4 Å².